The smallest absolute Gasteiger partial charge is 0.258 e. The van der Waals surface area contributed by atoms with Crippen molar-refractivity contribution in [2.75, 3.05) is 0 Å². The quantitative estimate of drug-likeness (QED) is 0.585. The molecule has 88 valence electrons. The molecule has 0 bridgehead atoms. The second kappa shape index (κ2) is 4.13. The Kier molecular flexibility index (Phi) is 2.79. The van der Waals surface area contributed by atoms with Gasteiger partial charge in [-0.25, -0.2) is 4.98 Å². The molecule has 2 rings (SSSR count). The summed E-state index contributed by atoms with van der Waals surface area (Å²) in [7, 11) is 0. The van der Waals surface area contributed by atoms with Crippen LogP contribution >= 0.6 is 0 Å². The fraction of sp³-hybridized carbons (Fsp3) is 0.308. The lowest BCUT2D eigenvalue weighted by atomic mass is 9.97. The number of hydrogen-bond donors (Lipinski definition) is 0. The molecule has 4 heteroatoms. The lowest BCUT2D eigenvalue weighted by molar-refractivity contribution is -0.385. The third kappa shape index (κ3) is 1.98. The van der Waals surface area contributed by atoms with Gasteiger partial charge < -0.3 is 0 Å². The minimum absolute atomic E-state index is 0.0431. The molecule has 0 amide bonds. The molecule has 1 aromatic carbocycles. The SMILES string of the molecule is Cc1ccc(C(C)C)c2ncc([N+](=O)[O-])cc12. The van der Waals surface area contributed by atoms with E-state index in [1.165, 1.54) is 6.20 Å². The molecule has 1 heterocycles. The maximum atomic E-state index is 10.7. The van der Waals surface area contributed by atoms with E-state index in [9.17, 15) is 10.1 Å². The molecule has 0 unspecified atom stereocenters. The van der Waals surface area contributed by atoms with E-state index in [1.54, 1.807) is 6.07 Å². The van der Waals surface area contributed by atoms with Crippen LogP contribution in [0.5, 0.6) is 0 Å². The highest BCUT2D eigenvalue weighted by Gasteiger charge is 2.12. The lowest BCUT2D eigenvalue weighted by Crippen LogP contribution is -1.96. The molecule has 0 spiro atoms. The maximum absolute atomic E-state index is 10.7. The third-order valence-electron chi connectivity index (χ3n) is 2.92. The molecule has 0 aliphatic heterocycles. The first-order valence-electron chi connectivity index (χ1n) is 5.54. The summed E-state index contributed by atoms with van der Waals surface area (Å²) in [6.45, 7) is 6.12. The summed E-state index contributed by atoms with van der Waals surface area (Å²) in [6.07, 6.45) is 1.33. The zero-order valence-corrected chi connectivity index (χ0v) is 10.1. The molecule has 0 radical (unpaired) electrons. The number of nitro groups is 1. The molecule has 0 saturated carbocycles. The summed E-state index contributed by atoms with van der Waals surface area (Å²) < 4.78 is 0. The Bertz CT molecular complexity index is 591. The Morgan fingerprint density at radius 3 is 2.65 bits per heavy atom. The molecule has 0 aliphatic rings. The molecule has 17 heavy (non-hydrogen) atoms. The van der Waals surface area contributed by atoms with Gasteiger partial charge in [-0.05, 0) is 24.0 Å². The minimum atomic E-state index is -0.409. The molecule has 0 atom stereocenters. The van der Waals surface area contributed by atoms with Gasteiger partial charge in [0, 0.05) is 11.5 Å². The second-order valence-electron chi connectivity index (χ2n) is 4.47. The average molecular weight is 230 g/mol. The summed E-state index contributed by atoms with van der Waals surface area (Å²) >= 11 is 0. The molecule has 0 N–H and O–H groups in total. The molecule has 4 nitrogen and oxygen atoms in total. The Hall–Kier alpha value is -1.97. The Labute approximate surface area is 99.4 Å². The van der Waals surface area contributed by atoms with Crippen molar-refractivity contribution >= 4 is 16.6 Å². The van der Waals surface area contributed by atoms with Crippen molar-refractivity contribution in [3.63, 3.8) is 0 Å². The van der Waals surface area contributed by atoms with Gasteiger partial charge in [0.05, 0.1) is 10.4 Å². The largest absolute Gasteiger partial charge is 0.288 e. The maximum Gasteiger partial charge on any atom is 0.288 e. The first-order valence-corrected chi connectivity index (χ1v) is 5.54. The highest BCUT2D eigenvalue weighted by atomic mass is 16.6. The molecule has 1 aromatic heterocycles. The van der Waals surface area contributed by atoms with Gasteiger partial charge in [-0.2, -0.15) is 0 Å². The van der Waals surface area contributed by atoms with Crippen LogP contribution in [-0.2, 0) is 0 Å². The predicted octanol–water partition coefficient (Wildman–Crippen LogP) is 3.57. The van der Waals surface area contributed by atoms with E-state index in [1.807, 2.05) is 19.1 Å². The van der Waals surface area contributed by atoms with Crippen molar-refractivity contribution in [3.05, 3.63) is 45.6 Å². The van der Waals surface area contributed by atoms with E-state index in [0.717, 1.165) is 22.0 Å². The van der Waals surface area contributed by atoms with Crippen LogP contribution in [0.2, 0.25) is 0 Å². The molecule has 0 aliphatic carbocycles. The standard InChI is InChI=1S/C13H14N2O2/c1-8(2)11-5-4-9(3)12-6-10(15(16)17)7-14-13(11)12/h4-8H,1-3H3. The average Bonchev–Trinajstić information content (AvgIpc) is 2.28. The van der Waals surface area contributed by atoms with Crippen molar-refractivity contribution in [3.8, 4) is 0 Å². The van der Waals surface area contributed by atoms with Gasteiger partial charge in [0.1, 0.15) is 6.20 Å². The summed E-state index contributed by atoms with van der Waals surface area (Å²) in [5.41, 5.74) is 3.05. The van der Waals surface area contributed by atoms with Crippen LogP contribution in [0.4, 0.5) is 5.69 Å². The normalized spacial score (nSPS) is 11.1. The van der Waals surface area contributed by atoms with E-state index in [2.05, 4.69) is 18.8 Å². The molecule has 0 fully saturated rings. The van der Waals surface area contributed by atoms with Crippen LogP contribution in [0.3, 0.4) is 0 Å². The molecule has 2 aromatic rings. The summed E-state index contributed by atoms with van der Waals surface area (Å²) in [6, 6.07) is 5.63. The van der Waals surface area contributed by atoms with Crippen LogP contribution < -0.4 is 0 Å². The Balaban J connectivity index is 2.77. The summed E-state index contributed by atoms with van der Waals surface area (Å²) in [5, 5.41) is 11.6. The molecule has 0 saturated heterocycles. The molecular weight excluding hydrogens is 216 g/mol. The third-order valence-corrected chi connectivity index (χ3v) is 2.92. The first-order chi connectivity index (χ1) is 8.00. The monoisotopic (exact) mass is 230 g/mol. The number of aromatic nitrogens is 1. The second-order valence-corrected chi connectivity index (χ2v) is 4.47. The van der Waals surface area contributed by atoms with Gasteiger partial charge in [0.2, 0.25) is 0 Å². The topological polar surface area (TPSA) is 56.0 Å². The van der Waals surface area contributed by atoms with E-state index in [-0.39, 0.29) is 5.69 Å². The number of hydrogen-bond acceptors (Lipinski definition) is 3. The highest BCUT2D eigenvalue weighted by molar-refractivity contribution is 5.86. The number of pyridine rings is 1. The van der Waals surface area contributed by atoms with Gasteiger partial charge in [0.15, 0.2) is 0 Å². The zero-order chi connectivity index (χ0) is 12.6. The Morgan fingerprint density at radius 1 is 1.35 bits per heavy atom. The fourth-order valence-electron chi connectivity index (χ4n) is 1.93. The fourth-order valence-corrected chi connectivity index (χ4v) is 1.93. The van der Waals surface area contributed by atoms with Crippen LogP contribution in [0.25, 0.3) is 10.9 Å². The zero-order valence-electron chi connectivity index (χ0n) is 10.1. The number of benzene rings is 1. The van der Waals surface area contributed by atoms with Gasteiger partial charge >= 0.3 is 0 Å². The van der Waals surface area contributed by atoms with Crippen molar-refractivity contribution in [1.29, 1.82) is 0 Å². The van der Waals surface area contributed by atoms with Crippen molar-refractivity contribution in [2.24, 2.45) is 0 Å². The van der Waals surface area contributed by atoms with Crippen LogP contribution in [0, 0.1) is 17.0 Å². The number of fused-ring (bicyclic) bond motifs is 1. The van der Waals surface area contributed by atoms with Crippen LogP contribution in [-0.4, -0.2) is 9.91 Å². The van der Waals surface area contributed by atoms with Crippen molar-refractivity contribution < 1.29 is 4.92 Å². The minimum Gasteiger partial charge on any atom is -0.258 e. The molecular formula is C13H14N2O2. The highest BCUT2D eigenvalue weighted by Crippen LogP contribution is 2.28. The van der Waals surface area contributed by atoms with Crippen LogP contribution in [0.1, 0.15) is 30.9 Å². The van der Waals surface area contributed by atoms with E-state index < -0.39 is 4.92 Å². The van der Waals surface area contributed by atoms with Gasteiger partial charge in [-0.3, -0.25) is 10.1 Å². The van der Waals surface area contributed by atoms with Gasteiger partial charge in [-0.15, -0.1) is 0 Å². The van der Waals surface area contributed by atoms with Crippen molar-refractivity contribution in [1.82, 2.24) is 4.98 Å². The first kappa shape index (κ1) is 11.5. The number of rotatable bonds is 2. The van der Waals surface area contributed by atoms with E-state index in [0.29, 0.717) is 5.92 Å². The number of nitrogens with zero attached hydrogens (tertiary/aromatic N) is 2. The van der Waals surface area contributed by atoms with E-state index in [4.69, 9.17) is 0 Å². The lowest BCUT2D eigenvalue weighted by Gasteiger charge is -2.10. The van der Waals surface area contributed by atoms with Gasteiger partial charge in [0.25, 0.3) is 5.69 Å². The summed E-state index contributed by atoms with van der Waals surface area (Å²) in [4.78, 5) is 14.6. The summed E-state index contributed by atoms with van der Waals surface area (Å²) in [5.74, 6) is 0.354. The number of aryl methyl sites for hydroxylation is 1. The van der Waals surface area contributed by atoms with Gasteiger partial charge in [-0.1, -0.05) is 26.0 Å². The van der Waals surface area contributed by atoms with Crippen molar-refractivity contribution in [2.45, 2.75) is 26.7 Å². The Morgan fingerprint density at radius 2 is 2.06 bits per heavy atom. The predicted molar refractivity (Wildman–Crippen MR) is 67.2 cm³/mol. The van der Waals surface area contributed by atoms with E-state index >= 15 is 0 Å². The van der Waals surface area contributed by atoms with Crippen LogP contribution in [0.15, 0.2) is 24.4 Å².